The monoisotopic (exact) mass is 493 g/mol. The summed E-state index contributed by atoms with van der Waals surface area (Å²) in [6, 6.07) is 27.4. The summed E-state index contributed by atoms with van der Waals surface area (Å²) in [5.74, 6) is -0.274. The van der Waals surface area contributed by atoms with Crippen molar-refractivity contribution in [3.05, 3.63) is 113 Å². The van der Waals surface area contributed by atoms with E-state index in [1.165, 1.54) is 0 Å². The molecule has 1 unspecified atom stereocenters. The second-order valence-electron chi connectivity index (χ2n) is 8.87. The summed E-state index contributed by atoms with van der Waals surface area (Å²) in [7, 11) is 3.15. The van der Waals surface area contributed by atoms with Crippen LogP contribution in [0.2, 0.25) is 0 Å². The maximum atomic E-state index is 13.4. The average Bonchev–Trinajstić information content (AvgIpc) is 3.20. The van der Waals surface area contributed by atoms with Crippen molar-refractivity contribution in [2.24, 2.45) is 0 Å². The van der Waals surface area contributed by atoms with Crippen molar-refractivity contribution in [1.29, 1.82) is 0 Å². The summed E-state index contributed by atoms with van der Waals surface area (Å²) in [6.07, 6.45) is 0.491. The van der Waals surface area contributed by atoms with Gasteiger partial charge in [0.15, 0.2) is 11.5 Å². The molecule has 1 heterocycles. The van der Waals surface area contributed by atoms with Crippen LogP contribution in [0.25, 0.3) is 16.5 Å². The number of hydrogen-bond donors (Lipinski definition) is 1. The topological polar surface area (TPSA) is 76.1 Å². The maximum absolute atomic E-state index is 13.4. The van der Waals surface area contributed by atoms with Gasteiger partial charge in [-0.2, -0.15) is 0 Å². The highest BCUT2D eigenvalue weighted by molar-refractivity contribution is 6.46. The number of benzene rings is 4. The number of aliphatic hydroxyl groups is 1. The second-order valence-corrected chi connectivity index (χ2v) is 8.87. The van der Waals surface area contributed by atoms with E-state index >= 15 is 0 Å². The lowest BCUT2D eigenvalue weighted by Crippen LogP contribution is -2.31. The molecule has 1 N–H and O–H groups in total. The van der Waals surface area contributed by atoms with E-state index in [1.807, 2.05) is 84.9 Å². The second kappa shape index (κ2) is 10.2. The van der Waals surface area contributed by atoms with Crippen molar-refractivity contribution in [3.8, 4) is 11.5 Å². The molecule has 4 aromatic carbocycles. The molecular weight excluding hydrogens is 466 g/mol. The van der Waals surface area contributed by atoms with Crippen LogP contribution in [0.4, 0.5) is 0 Å². The van der Waals surface area contributed by atoms with Crippen LogP contribution in [0.1, 0.15) is 22.7 Å². The minimum atomic E-state index is -0.708. The van der Waals surface area contributed by atoms with Crippen LogP contribution < -0.4 is 9.47 Å². The first-order valence-electron chi connectivity index (χ1n) is 12.1. The summed E-state index contributed by atoms with van der Waals surface area (Å²) >= 11 is 0. The van der Waals surface area contributed by atoms with E-state index < -0.39 is 17.7 Å². The summed E-state index contributed by atoms with van der Waals surface area (Å²) < 4.78 is 10.7. The van der Waals surface area contributed by atoms with E-state index in [0.717, 1.165) is 21.9 Å². The third-order valence-electron chi connectivity index (χ3n) is 6.79. The van der Waals surface area contributed by atoms with Crippen molar-refractivity contribution in [3.63, 3.8) is 0 Å². The number of fused-ring (bicyclic) bond motifs is 1. The molecule has 1 aliphatic heterocycles. The van der Waals surface area contributed by atoms with E-state index in [-0.39, 0.29) is 17.9 Å². The fraction of sp³-hybridized carbons (Fsp3) is 0.161. The number of likely N-dealkylation sites (tertiary alicyclic amines) is 1. The number of nitrogens with zero attached hydrogens (tertiary/aromatic N) is 1. The average molecular weight is 494 g/mol. The van der Waals surface area contributed by atoms with E-state index in [0.29, 0.717) is 23.5 Å². The van der Waals surface area contributed by atoms with Crippen molar-refractivity contribution in [2.75, 3.05) is 20.8 Å². The Morgan fingerprint density at radius 1 is 0.838 bits per heavy atom. The Bertz CT molecular complexity index is 1500. The fourth-order valence-electron chi connectivity index (χ4n) is 4.96. The Morgan fingerprint density at radius 3 is 2.30 bits per heavy atom. The largest absolute Gasteiger partial charge is 0.507 e. The molecule has 0 aromatic heterocycles. The lowest BCUT2D eigenvalue weighted by molar-refractivity contribution is -0.139. The lowest BCUT2D eigenvalue weighted by atomic mass is 9.93. The highest BCUT2D eigenvalue weighted by Gasteiger charge is 2.45. The van der Waals surface area contributed by atoms with Crippen LogP contribution in [-0.4, -0.2) is 42.5 Å². The molecule has 4 aromatic rings. The molecule has 1 fully saturated rings. The van der Waals surface area contributed by atoms with Gasteiger partial charge in [-0.25, -0.2) is 0 Å². The van der Waals surface area contributed by atoms with Gasteiger partial charge in [-0.1, -0.05) is 78.9 Å². The number of rotatable bonds is 7. The Morgan fingerprint density at radius 2 is 1.54 bits per heavy atom. The van der Waals surface area contributed by atoms with E-state index in [2.05, 4.69) is 0 Å². The van der Waals surface area contributed by atoms with Crippen LogP contribution in [-0.2, 0) is 16.0 Å². The minimum absolute atomic E-state index is 0.0971. The third kappa shape index (κ3) is 4.42. The SMILES string of the molecule is COc1ccc(CCN2C(=O)C(=O)/C(=C(\O)c3cccc4ccccc34)C2c2ccccc2)cc1OC. The quantitative estimate of drug-likeness (QED) is 0.208. The van der Waals surface area contributed by atoms with Crippen molar-refractivity contribution < 1.29 is 24.2 Å². The van der Waals surface area contributed by atoms with Gasteiger partial charge in [-0.15, -0.1) is 0 Å². The summed E-state index contributed by atoms with van der Waals surface area (Å²) in [5, 5.41) is 13.3. The Hall–Kier alpha value is -4.58. The first-order valence-corrected chi connectivity index (χ1v) is 12.1. The maximum Gasteiger partial charge on any atom is 0.295 e. The van der Waals surface area contributed by atoms with Gasteiger partial charge in [0, 0.05) is 12.1 Å². The summed E-state index contributed by atoms with van der Waals surface area (Å²) in [5.41, 5.74) is 2.31. The van der Waals surface area contributed by atoms with Gasteiger partial charge in [0.1, 0.15) is 5.76 Å². The third-order valence-corrected chi connectivity index (χ3v) is 6.79. The van der Waals surface area contributed by atoms with Crippen LogP contribution in [0.5, 0.6) is 11.5 Å². The van der Waals surface area contributed by atoms with Gasteiger partial charge in [0.25, 0.3) is 11.7 Å². The van der Waals surface area contributed by atoms with Gasteiger partial charge >= 0.3 is 0 Å². The van der Waals surface area contributed by atoms with Crippen molar-refractivity contribution in [2.45, 2.75) is 12.5 Å². The van der Waals surface area contributed by atoms with Gasteiger partial charge in [-0.05, 0) is 40.5 Å². The van der Waals surface area contributed by atoms with Gasteiger partial charge in [0.05, 0.1) is 25.8 Å². The molecule has 5 rings (SSSR count). The summed E-state index contributed by atoms with van der Waals surface area (Å²) in [4.78, 5) is 28.3. The number of ether oxygens (including phenoxy) is 2. The zero-order valence-corrected chi connectivity index (χ0v) is 20.7. The number of aliphatic hydroxyl groups excluding tert-OH is 1. The molecule has 6 nitrogen and oxygen atoms in total. The normalized spacial score (nSPS) is 16.8. The Labute approximate surface area is 215 Å². The molecule has 0 bridgehead atoms. The number of Topliss-reactive ketones (excluding diaryl/α,β-unsaturated/α-hetero) is 1. The highest BCUT2D eigenvalue weighted by atomic mass is 16.5. The zero-order valence-electron chi connectivity index (χ0n) is 20.7. The molecule has 1 atom stereocenters. The lowest BCUT2D eigenvalue weighted by Gasteiger charge is -2.25. The van der Waals surface area contributed by atoms with Crippen molar-refractivity contribution >= 4 is 28.2 Å². The zero-order chi connectivity index (χ0) is 25.9. The van der Waals surface area contributed by atoms with Crippen LogP contribution in [0.15, 0.2) is 96.6 Å². The number of carbonyl (C=O) groups excluding carboxylic acids is 2. The summed E-state index contributed by atoms with van der Waals surface area (Å²) in [6.45, 7) is 0.284. The van der Waals surface area contributed by atoms with Gasteiger partial charge < -0.3 is 19.5 Å². The molecule has 1 amide bonds. The molecule has 0 radical (unpaired) electrons. The minimum Gasteiger partial charge on any atom is -0.507 e. The standard InChI is InChI=1S/C31H27NO5/c1-36-25-16-15-20(19-26(25)37-2)17-18-32-28(22-10-4-3-5-11-22)27(30(34)31(32)35)29(33)24-14-8-12-21-9-6-7-13-23(21)24/h3-16,19,28,33H,17-18H2,1-2H3/b29-27-. The van der Waals surface area contributed by atoms with Crippen LogP contribution >= 0.6 is 0 Å². The molecule has 0 spiro atoms. The fourth-order valence-corrected chi connectivity index (χ4v) is 4.96. The van der Waals surface area contributed by atoms with E-state index in [9.17, 15) is 14.7 Å². The van der Waals surface area contributed by atoms with E-state index in [4.69, 9.17) is 9.47 Å². The van der Waals surface area contributed by atoms with Crippen molar-refractivity contribution in [1.82, 2.24) is 4.90 Å². The number of carbonyl (C=O) groups is 2. The predicted octanol–water partition coefficient (Wildman–Crippen LogP) is 5.52. The number of amides is 1. The molecule has 1 aliphatic rings. The molecule has 37 heavy (non-hydrogen) atoms. The molecule has 0 saturated carbocycles. The first-order chi connectivity index (χ1) is 18.0. The first kappa shape index (κ1) is 24.1. The highest BCUT2D eigenvalue weighted by Crippen LogP contribution is 2.40. The van der Waals surface area contributed by atoms with Gasteiger partial charge in [0.2, 0.25) is 0 Å². The van der Waals surface area contributed by atoms with E-state index in [1.54, 1.807) is 25.2 Å². The van der Waals surface area contributed by atoms with Crippen LogP contribution in [0.3, 0.4) is 0 Å². The number of hydrogen-bond acceptors (Lipinski definition) is 5. The van der Waals surface area contributed by atoms with Crippen LogP contribution in [0, 0.1) is 0 Å². The molecular formula is C31H27NO5. The predicted molar refractivity (Wildman–Crippen MR) is 143 cm³/mol. The Balaban J connectivity index is 1.57. The Kier molecular flexibility index (Phi) is 6.64. The number of ketones is 1. The number of methoxy groups -OCH3 is 2. The molecule has 6 heteroatoms. The van der Waals surface area contributed by atoms with Gasteiger partial charge in [-0.3, -0.25) is 9.59 Å². The smallest absolute Gasteiger partial charge is 0.295 e. The molecule has 186 valence electrons. The molecule has 1 saturated heterocycles. The molecule has 0 aliphatic carbocycles.